The third kappa shape index (κ3) is 4.13. The summed E-state index contributed by atoms with van der Waals surface area (Å²) >= 11 is 5.97. The third-order valence-corrected chi connectivity index (χ3v) is 2.69. The quantitative estimate of drug-likeness (QED) is 0.871. The number of hydrogen-bond acceptors (Lipinski definition) is 5. The van der Waals surface area contributed by atoms with E-state index in [2.05, 4.69) is 10.2 Å². The molecule has 1 unspecified atom stereocenters. The molecule has 1 atom stereocenters. The summed E-state index contributed by atoms with van der Waals surface area (Å²) in [5.74, 6) is 0.501. The summed E-state index contributed by atoms with van der Waals surface area (Å²) in [5.41, 5.74) is 5.03. The lowest BCUT2D eigenvalue weighted by atomic mass is 10.3. The van der Waals surface area contributed by atoms with Crippen LogP contribution in [0, 0.1) is 0 Å². The molecule has 2 rings (SSSR count). The molecule has 1 heterocycles. The molecule has 0 aliphatic carbocycles. The van der Waals surface area contributed by atoms with E-state index in [1.54, 1.807) is 24.3 Å². The second-order valence-corrected chi connectivity index (χ2v) is 4.29. The molecule has 106 valence electrons. The Morgan fingerprint density at radius 2 is 2.05 bits per heavy atom. The summed E-state index contributed by atoms with van der Waals surface area (Å²) in [6, 6.07) is 7.01. The van der Waals surface area contributed by atoms with Crippen LogP contribution in [0.5, 0.6) is 5.75 Å². The van der Waals surface area contributed by atoms with E-state index in [1.165, 1.54) is 17.2 Å². The summed E-state index contributed by atoms with van der Waals surface area (Å²) in [6.07, 6.45) is 1.55. The van der Waals surface area contributed by atoms with Crippen molar-refractivity contribution < 1.29 is 14.3 Å². The van der Waals surface area contributed by atoms with Crippen LogP contribution in [0.4, 0.5) is 4.79 Å². The molecule has 0 fully saturated rings. The third-order valence-electron chi connectivity index (χ3n) is 2.38. The molecular formula is C12H13ClN4O3. The number of halogens is 1. The standard InChI is InChI=1S/C12H13ClN4O3/c13-10-3-1-2-4-11(10)19-8-9(20-12(14)18)7-17-15-5-6-16-17/h1-6,9H,7-8H2,(H2,14,18). The Balaban J connectivity index is 1.97. The Morgan fingerprint density at radius 1 is 1.35 bits per heavy atom. The van der Waals surface area contributed by atoms with E-state index in [1.807, 2.05) is 0 Å². The van der Waals surface area contributed by atoms with Crippen molar-refractivity contribution in [3.05, 3.63) is 41.7 Å². The van der Waals surface area contributed by atoms with E-state index in [0.717, 1.165) is 0 Å². The topological polar surface area (TPSA) is 92.3 Å². The second-order valence-electron chi connectivity index (χ2n) is 3.88. The minimum atomic E-state index is -0.884. The van der Waals surface area contributed by atoms with Gasteiger partial charge in [-0.1, -0.05) is 23.7 Å². The number of rotatable bonds is 6. The Morgan fingerprint density at radius 3 is 2.70 bits per heavy atom. The first kappa shape index (κ1) is 14.1. The maximum atomic E-state index is 10.9. The van der Waals surface area contributed by atoms with Gasteiger partial charge in [0, 0.05) is 0 Å². The van der Waals surface area contributed by atoms with Crippen LogP contribution in [-0.2, 0) is 11.3 Å². The number of primary amides is 1. The molecule has 8 heteroatoms. The first-order valence-electron chi connectivity index (χ1n) is 5.82. The maximum Gasteiger partial charge on any atom is 0.404 e. The van der Waals surface area contributed by atoms with Crippen LogP contribution in [-0.4, -0.2) is 33.8 Å². The Kier molecular flexibility index (Phi) is 4.78. The van der Waals surface area contributed by atoms with Crippen LogP contribution in [0.15, 0.2) is 36.7 Å². The van der Waals surface area contributed by atoms with E-state index in [9.17, 15) is 4.79 Å². The predicted molar refractivity (Wildman–Crippen MR) is 71.4 cm³/mol. The molecule has 0 saturated heterocycles. The van der Waals surface area contributed by atoms with Gasteiger partial charge >= 0.3 is 6.09 Å². The fraction of sp³-hybridized carbons (Fsp3) is 0.250. The van der Waals surface area contributed by atoms with Gasteiger partial charge in [0.2, 0.25) is 0 Å². The normalized spacial score (nSPS) is 11.8. The lowest BCUT2D eigenvalue weighted by Gasteiger charge is -2.17. The number of aromatic nitrogens is 3. The van der Waals surface area contributed by atoms with Crippen molar-refractivity contribution in [2.24, 2.45) is 5.73 Å². The van der Waals surface area contributed by atoms with Crippen LogP contribution in [0.3, 0.4) is 0 Å². The molecule has 0 saturated carbocycles. The molecule has 1 amide bonds. The van der Waals surface area contributed by atoms with Gasteiger partial charge in [-0.25, -0.2) is 4.79 Å². The van der Waals surface area contributed by atoms with E-state index in [-0.39, 0.29) is 13.2 Å². The zero-order chi connectivity index (χ0) is 14.4. The van der Waals surface area contributed by atoms with Crippen molar-refractivity contribution >= 4 is 17.7 Å². The van der Waals surface area contributed by atoms with Gasteiger partial charge in [0.1, 0.15) is 18.9 Å². The van der Waals surface area contributed by atoms with E-state index in [0.29, 0.717) is 10.8 Å². The molecule has 0 spiro atoms. The zero-order valence-corrected chi connectivity index (χ0v) is 11.2. The molecule has 2 aromatic rings. The van der Waals surface area contributed by atoms with Crippen molar-refractivity contribution in [3.63, 3.8) is 0 Å². The van der Waals surface area contributed by atoms with Crippen molar-refractivity contribution in [2.75, 3.05) is 6.61 Å². The van der Waals surface area contributed by atoms with Crippen molar-refractivity contribution in [2.45, 2.75) is 12.6 Å². The molecular weight excluding hydrogens is 284 g/mol. The number of ether oxygens (including phenoxy) is 2. The van der Waals surface area contributed by atoms with Crippen LogP contribution in [0.2, 0.25) is 5.02 Å². The number of nitrogens with zero attached hydrogens (tertiary/aromatic N) is 3. The SMILES string of the molecule is NC(=O)OC(COc1ccccc1Cl)Cn1nccn1. The monoisotopic (exact) mass is 296 g/mol. The zero-order valence-electron chi connectivity index (χ0n) is 10.5. The molecule has 20 heavy (non-hydrogen) atoms. The van der Waals surface area contributed by atoms with Crippen molar-refractivity contribution in [1.82, 2.24) is 15.0 Å². The maximum absolute atomic E-state index is 10.9. The minimum absolute atomic E-state index is 0.0915. The van der Waals surface area contributed by atoms with Crippen LogP contribution < -0.4 is 10.5 Å². The molecule has 7 nitrogen and oxygen atoms in total. The first-order valence-corrected chi connectivity index (χ1v) is 6.20. The van der Waals surface area contributed by atoms with Crippen molar-refractivity contribution in [1.29, 1.82) is 0 Å². The molecule has 0 aliphatic heterocycles. The summed E-state index contributed by atoms with van der Waals surface area (Å²) in [7, 11) is 0. The molecule has 0 radical (unpaired) electrons. The fourth-order valence-corrected chi connectivity index (χ4v) is 1.74. The number of carbonyl (C=O) groups is 1. The van der Waals surface area contributed by atoms with Gasteiger partial charge in [-0.3, -0.25) is 0 Å². The van der Waals surface area contributed by atoms with Gasteiger partial charge in [-0.2, -0.15) is 15.0 Å². The average Bonchev–Trinajstić information content (AvgIpc) is 2.90. The summed E-state index contributed by atoms with van der Waals surface area (Å²) < 4.78 is 10.5. The van der Waals surface area contributed by atoms with Crippen LogP contribution in [0.25, 0.3) is 0 Å². The number of para-hydroxylation sites is 1. The summed E-state index contributed by atoms with van der Waals surface area (Å²) in [5, 5.41) is 8.33. The molecule has 1 aromatic carbocycles. The largest absolute Gasteiger partial charge is 0.488 e. The number of hydrogen-bond donors (Lipinski definition) is 1. The first-order chi connectivity index (χ1) is 9.65. The lowest BCUT2D eigenvalue weighted by Crippen LogP contribution is -2.32. The highest BCUT2D eigenvalue weighted by Crippen LogP contribution is 2.23. The highest BCUT2D eigenvalue weighted by atomic mass is 35.5. The number of nitrogens with two attached hydrogens (primary N) is 1. The number of carbonyl (C=O) groups excluding carboxylic acids is 1. The average molecular weight is 297 g/mol. The molecule has 1 aromatic heterocycles. The van der Waals surface area contributed by atoms with Gasteiger partial charge in [-0.05, 0) is 12.1 Å². The smallest absolute Gasteiger partial charge is 0.404 e. The van der Waals surface area contributed by atoms with Crippen molar-refractivity contribution in [3.8, 4) is 5.75 Å². The number of benzene rings is 1. The van der Waals surface area contributed by atoms with Gasteiger partial charge in [0.15, 0.2) is 6.10 Å². The van der Waals surface area contributed by atoms with Gasteiger partial charge in [-0.15, -0.1) is 0 Å². The van der Waals surface area contributed by atoms with Gasteiger partial charge < -0.3 is 15.2 Å². The van der Waals surface area contributed by atoms with Gasteiger partial charge in [0.25, 0.3) is 0 Å². The molecule has 2 N–H and O–H groups in total. The van der Waals surface area contributed by atoms with E-state index in [4.69, 9.17) is 26.8 Å². The van der Waals surface area contributed by atoms with Crippen LogP contribution in [0.1, 0.15) is 0 Å². The second kappa shape index (κ2) is 6.76. The summed E-state index contributed by atoms with van der Waals surface area (Å²) in [4.78, 5) is 12.3. The lowest BCUT2D eigenvalue weighted by molar-refractivity contribution is 0.0564. The fourth-order valence-electron chi connectivity index (χ4n) is 1.55. The molecule has 0 aliphatic rings. The predicted octanol–water partition coefficient (Wildman–Crippen LogP) is 1.47. The summed E-state index contributed by atoms with van der Waals surface area (Å²) in [6.45, 7) is 0.328. The highest BCUT2D eigenvalue weighted by molar-refractivity contribution is 6.32. The Labute approximate surface area is 120 Å². The van der Waals surface area contributed by atoms with E-state index < -0.39 is 12.2 Å². The molecule has 0 bridgehead atoms. The minimum Gasteiger partial charge on any atom is -0.488 e. The van der Waals surface area contributed by atoms with E-state index >= 15 is 0 Å². The number of amides is 1. The Bertz CT molecular complexity index is 562. The van der Waals surface area contributed by atoms with Crippen LogP contribution >= 0.6 is 11.6 Å². The highest BCUT2D eigenvalue weighted by Gasteiger charge is 2.16. The Hall–Kier alpha value is -2.28. The van der Waals surface area contributed by atoms with Gasteiger partial charge in [0.05, 0.1) is 17.4 Å².